The van der Waals surface area contributed by atoms with Crippen LogP contribution in [0, 0.1) is 0 Å². The van der Waals surface area contributed by atoms with Crippen molar-refractivity contribution in [1.29, 1.82) is 0 Å². The molecule has 0 rings (SSSR count). The molecule has 1 unspecified atom stereocenters. The van der Waals surface area contributed by atoms with E-state index in [1.54, 1.807) is 0 Å². The van der Waals surface area contributed by atoms with Gasteiger partial charge in [-0.3, -0.25) is 0 Å². The van der Waals surface area contributed by atoms with Crippen molar-refractivity contribution < 1.29 is 15.2 Å². The van der Waals surface area contributed by atoms with Crippen LogP contribution in [-0.4, -0.2) is 11.4 Å². The lowest BCUT2D eigenvalue weighted by atomic mass is 10.1. The molecule has 0 aromatic heterocycles. The zero-order valence-corrected chi connectivity index (χ0v) is 8.08. The third-order valence-corrected chi connectivity index (χ3v) is 1.92. The summed E-state index contributed by atoms with van der Waals surface area (Å²) in [6.07, 6.45) is 6.61. The summed E-state index contributed by atoms with van der Waals surface area (Å²) < 4.78 is 0. The fourth-order valence-corrected chi connectivity index (χ4v) is 1.25. The van der Waals surface area contributed by atoms with E-state index in [1.165, 1.54) is 12.8 Å². The minimum Gasteiger partial charge on any atom is -0.221 e. The molecule has 0 saturated heterocycles. The molecule has 0 spiro atoms. The van der Waals surface area contributed by atoms with Crippen LogP contribution in [0.1, 0.15) is 52.4 Å². The summed E-state index contributed by atoms with van der Waals surface area (Å²) in [4.78, 5) is 4.68. The topological polar surface area (TPSA) is 38.7 Å². The molecular formula is C9H20O3. The summed E-state index contributed by atoms with van der Waals surface area (Å²) in [7, 11) is 0. The van der Waals surface area contributed by atoms with Gasteiger partial charge < -0.3 is 0 Å². The lowest BCUT2D eigenvalue weighted by Crippen LogP contribution is -2.11. The highest BCUT2D eigenvalue weighted by atomic mass is 17.5. The molecule has 3 nitrogen and oxygen atoms in total. The minimum absolute atomic E-state index is 0.0616. The first-order chi connectivity index (χ1) is 5.85. The van der Waals surface area contributed by atoms with Crippen molar-refractivity contribution >= 4 is 0 Å². The third kappa shape index (κ3) is 6.58. The second-order valence-corrected chi connectivity index (χ2v) is 3.08. The number of hydrogen-bond donors (Lipinski definition) is 1. The summed E-state index contributed by atoms with van der Waals surface area (Å²) in [5.74, 6) is 0. The monoisotopic (exact) mass is 176 g/mol. The van der Waals surface area contributed by atoms with Gasteiger partial charge in [0.1, 0.15) is 0 Å². The molecule has 0 heterocycles. The molecule has 0 aliphatic heterocycles. The molecule has 0 bridgehead atoms. The van der Waals surface area contributed by atoms with Gasteiger partial charge in [0.05, 0.1) is 6.10 Å². The van der Waals surface area contributed by atoms with Crippen LogP contribution in [0.25, 0.3) is 0 Å². The summed E-state index contributed by atoms with van der Waals surface area (Å²) in [6, 6.07) is 0. The molecule has 1 N–H and O–H groups in total. The second kappa shape index (κ2) is 8.97. The first-order valence-electron chi connectivity index (χ1n) is 4.82. The van der Waals surface area contributed by atoms with E-state index in [-0.39, 0.29) is 6.10 Å². The maximum atomic E-state index is 8.10. The zero-order chi connectivity index (χ0) is 9.23. The van der Waals surface area contributed by atoms with Gasteiger partial charge in [-0.25, -0.2) is 10.1 Å². The van der Waals surface area contributed by atoms with Crippen LogP contribution in [0.2, 0.25) is 0 Å². The summed E-state index contributed by atoms with van der Waals surface area (Å²) in [5, 5.41) is 11.8. The molecule has 3 heteroatoms. The normalized spacial score (nSPS) is 13.2. The molecule has 0 aromatic carbocycles. The Morgan fingerprint density at radius 2 is 1.83 bits per heavy atom. The Morgan fingerprint density at radius 1 is 1.08 bits per heavy atom. The average Bonchev–Trinajstić information content (AvgIpc) is 2.06. The Bertz CT molecular complexity index is 79.8. The van der Waals surface area contributed by atoms with E-state index in [9.17, 15) is 0 Å². The first-order valence-corrected chi connectivity index (χ1v) is 4.82. The molecule has 0 amide bonds. The Morgan fingerprint density at radius 3 is 2.33 bits per heavy atom. The highest BCUT2D eigenvalue weighted by Gasteiger charge is 2.08. The van der Waals surface area contributed by atoms with Crippen LogP contribution in [0.15, 0.2) is 0 Å². The molecular weight excluding hydrogens is 156 g/mol. The lowest BCUT2D eigenvalue weighted by molar-refractivity contribution is -0.507. The van der Waals surface area contributed by atoms with Crippen molar-refractivity contribution in [2.75, 3.05) is 0 Å². The molecule has 0 aliphatic carbocycles. The Hall–Kier alpha value is -0.120. The van der Waals surface area contributed by atoms with Crippen molar-refractivity contribution in [3.63, 3.8) is 0 Å². The van der Waals surface area contributed by atoms with E-state index in [0.29, 0.717) is 0 Å². The van der Waals surface area contributed by atoms with E-state index in [2.05, 4.69) is 23.8 Å². The molecule has 1 atom stereocenters. The fourth-order valence-electron chi connectivity index (χ4n) is 1.25. The summed E-state index contributed by atoms with van der Waals surface area (Å²) in [5.41, 5.74) is 0. The van der Waals surface area contributed by atoms with Gasteiger partial charge in [-0.05, 0) is 12.8 Å². The number of rotatable bonds is 8. The van der Waals surface area contributed by atoms with Gasteiger partial charge in [-0.1, -0.05) is 44.6 Å². The van der Waals surface area contributed by atoms with Crippen molar-refractivity contribution in [3.8, 4) is 0 Å². The Kier molecular flexibility index (Phi) is 8.88. The predicted molar refractivity (Wildman–Crippen MR) is 47.6 cm³/mol. The maximum absolute atomic E-state index is 8.10. The van der Waals surface area contributed by atoms with Crippen LogP contribution >= 0.6 is 0 Å². The number of unbranched alkanes of at least 4 members (excludes halogenated alkanes) is 2. The van der Waals surface area contributed by atoms with Crippen LogP contribution in [0.5, 0.6) is 0 Å². The van der Waals surface area contributed by atoms with Crippen molar-refractivity contribution in [2.45, 2.75) is 58.5 Å². The molecule has 12 heavy (non-hydrogen) atoms. The molecule has 0 saturated carbocycles. The smallest absolute Gasteiger partial charge is 0.0961 e. The van der Waals surface area contributed by atoms with Gasteiger partial charge in [0.2, 0.25) is 0 Å². The molecule has 0 aromatic rings. The first kappa shape index (κ1) is 11.9. The predicted octanol–water partition coefficient (Wildman–Crippen LogP) is 3.16. The van der Waals surface area contributed by atoms with E-state index in [0.717, 1.165) is 25.7 Å². The van der Waals surface area contributed by atoms with E-state index in [4.69, 9.17) is 5.26 Å². The molecule has 0 aliphatic rings. The Balaban J connectivity index is 3.34. The maximum Gasteiger partial charge on any atom is 0.0961 e. The average molecular weight is 176 g/mol. The van der Waals surface area contributed by atoms with Crippen molar-refractivity contribution in [3.05, 3.63) is 0 Å². The molecule has 74 valence electrons. The standard InChI is InChI=1S/C9H20O3/c1-3-5-6-8-9(7-4-2)11-12-10/h9-10H,3-8H2,1-2H3. The second-order valence-electron chi connectivity index (χ2n) is 3.08. The van der Waals surface area contributed by atoms with E-state index in [1.807, 2.05) is 0 Å². The van der Waals surface area contributed by atoms with Gasteiger partial charge >= 0.3 is 0 Å². The minimum atomic E-state index is 0.0616. The zero-order valence-electron chi connectivity index (χ0n) is 8.08. The van der Waals surface area contributed by atoms with Gasteiger partial charge in [0.15, 0.2) is 0 Å². The van der Waals surface area contributed by atoms with Gasteiger partial charge in [-0.2, -0.15) is 0 Å². The van der Waals surface area contributed by atoms with Gasteiger partial charge in [-0.15, -0.1) is 0 Å². The molecule has 0 radical (unpaired) electrons. The number of hydrogen-bond acceptors (Lipinski definition) is 3. The highest BCUT2D eigenvalue weighted by Crippen LogP contribution is 2.11. The van der Waals surface area contributed by atoms with Crippen LogP contribution in [0.4, 0.5) is 0 Å². The lowest BCUT2D eigenvalue weighted by Gasteiger charge is -2.12. The largest absolute Gasteiger partial charge is 0.221 e. The summed E-state index contributed by atoms with van der Waals surface area (Å²) >= 11 is 0. The van der Waals surface area contributed by atoms with E-state index >= 15 is 0 Å². The van der Waals surface area contributed by atoms with Crippen molar-refractivity contribution in [2.24, 2.45) is 0 Å². The summed E-state index contributed by atoms with van der Waals surface area (Å²) in [6.45, 7) is 4.26. The SMILES string of the molecule is CCCCCC(CCC)OOO. The fraction of sp³-hybridized carbons (Fsp3) is 1.00. The quantitative estimate of drug-likeness (QED) is 0.351. The third-order valence-electron chi connectivity index (χ3n) is 1.92. The Labute approximate surface area is 74.5 Å². The van der Waals surface area contributed by atoms with Crippen LogP contribution < -0.4 is 0 Å². The van der Waals surface area contributed by atoms with Gasteiger partial charge in [0.25, 0.3) is 0 Å². The van der Waals surface area contributed by atoms with Crippen LogP contribution in [0.3, 0.4) is 0 Å². The van der Waals surface area contributed by atoms with E-state index < -0.39 is 0 Å². The van der Waals surface area contributed by atoms with Crippen molar-refractivity contribution in [1.82, 2.24) is 0 Å². The molecule has 0 fully saturated rings. The van der Waals surface area contributed by atoms with Crippen LogP contribution in [-0.2, 0) is 9.93 Å². The van der Waals surface area contributed by atoms with Gasteiger partial charge in [0, 0.05) is 0 Å². The highest BCUT2D eigenvalue weighted by molar-refractivity contribution is 4.55.